The fourth-order valence-electron chi connectivity index (χ4n) is 1.52. The SMILES string of the molecule is O=C(Cn1cc([N+](=O)[O-])ccc1=O)c1cc(Br)sc1Br. The first kappa shape index (κ1) is 15.1. The first-order valence-corrected chi connectivity index (χ1v) is 7.61. The van der Waals surface area contributed by atoms with Gasteiger partial charge in [0.1, 0.15) is 0 Å². The third-order valence-corrected chi connectivity index (χ3v) is 4.79. The van der Waals surface area contributed by atoms with Crippen LogP contribution in [0.25, 0.3) is 0 Å². The largest absolute Gasteiger partial charge is 0.301 e. The smallest absolute Gasteiger partial charge is 0.285 e. The van der Waals surface area contributed by atoms with E-state index in [-0.39, 0.29) is 18.0 Å². The lowest BCUT2D eigenvalue weighted by Gasteiger charge is -2.03. The molecule has 0 spiro atoms. The molecule has 0 amide bonds. The van der Waals surface area contributed by atoms with Crippen LogP contribution in [0, 0.1) is 10.1 Å². The highest BCUT2D eigenvalue weighted by molar-refractivity contribution is 9.12. The van der Waals surface area contributed by atoms with Crippen LogP contribution in [0.1, 0.15) is 10.4 Å². The summed E-state index contributed by atoms with van der Waals surface area (Å²) in [5.41, 5.74) is -0.266. The Bertz CT molecular complexity index is 753. The summed E-state index contributed by atoms with van der Waals surface area (Å²) in [5.74, 6) is -0.304. The zero-order valence-corrected chi connectivity index (χ0v) is 13.7. The van der Waals surface area contributed by atoms with Crippen molar-refractivity contribution >= 4 is 54.7 Å². The van der Waals surface area contributed by atoms with Crippen LogP contribution in [0.3, 0.4) is 0 Å². The number of pyridine rings is 1. The molecule has 0 atom stereocenters. The van der Waals surface area contributed by atoms with E-state index in [4.69, 9.17) is 0 Å². The number of thiophene rings is 1. The van der Waals surface area contributed by atoms with Crippen LogP contribution in [-0.4, -0.2) is 15.3 Å². The van der Waals surface area contributed by atoms with Crippen LogP contribution in [0.15, 0.2) is 36.8 Å². The third kappa shape index (κ3) is 3.22. The molecule has 0 unspecified atom stereocenters. The molecule has 2 heterocycles. The Morgan fingerprint density at radius 3 is 2.65 bits per heavy atom. The normalized spacial score (nSPS) is 10.5. The molecule has 0 radical (unpaired) electrons. The summed E-state index contributed by atoms with van der Waals surface area (Å²) in [6, 6.07) is 3.82. The minimum Gasteiger partial charge on any atom is -0.301 e. The number of carbonyl (C=O) groups excluding carboxylic acids is 1. The van der Waals surface area contributed by atoms with Crippen molar-refractivity contribution in [1.29, 1.82) is 0 Å². The van der Waals surface area contributed by atoms with Gasteiger partial charge >= 0.3 is 0 Å². The first-order chi connectivity index (χ1) is 9.38. The minimum absolute atomic E-state index is 0.233. The summed E-state index contributed by atoms with van der Waals surface area (Å²) in [5, 5.41) is 10.7. The monoisotopic (exact) mass is 420 g/mol. The maximum atomic E-state index is 12.1. The molecule has 2 aromatic heterocycles. The molecule has 0 aliphatic heterocycles. The Morgan fingerprint density at radius 2 is 2.10 bits per heavy atom. The summed E-state index contributed by atoms with van der Waals surface area (Å²) in [6.45, 7) is -0.248. The van der Waals surface area contributed by atoms with Crippen LogP contribution < -0.4 is 5.56 Å². The molecule has 0 bridgehead atoms. The number of nitrogens with zero attached hydrogens (tertiary/aromatic N) is 2. The zero-order chi connectivity index (χ0) is 14.9. The van der Waals surface area contributed by atoms with Gasteiger partial charge in [-0.3, -0.25) is 19.7 Å². The van der Waals surface area contributed by atoms with Gasteiger partial charge in [0.05, 0.1) is 25.2 Å². The van der Waals surface area contributed by atoms with Crippen LogP contribution >= 0.6 is 43.2 Å². The number of ketones is 1. The van der Waals surface area contributed by atoms with Gasteiger partial charge in [-0.2, -0.15) is 0 Å². The summed E-state index contributed by atoms with van der Waals surface area (Å²) in [6.07, 6.45) is 1.07. The molecule has 0 aromatic carbocycles. The molecular formula is C11H6Br2N2O4S. The highest BCUT2D eigenvalue weighted by Gasteiger charge is 2.16. The Hall–Kier alpha value is -1.32. The number of rotatable bonds is 4. The molecule has 0 aliphatic carbocycles. The first-order valence-electron chi connectivity index (χ1n) is 5.21. The summed E-state index contributed by atoms with van der Waals surface area (Å²) in [7, 11) is 0. The lowest BCUT2D eigenvalue weighted by molar-refractivity contribution is -0.385. The predicted octanol–water partition coefficient (Wildman–Crippen LogP) is 3.23. The zero-order valence-electron chi connectivity index (χ0n) is 9.71. The van der Waals surface area contributed by atoms with E-state index in [0.29, 0.717) is 9.35 Å². The number of aromatic nitrogens is 1. The molecule has 0 saturated heterocycles. The quantitative estimate of drug-likeness (QED) is 0.431. The Labute approximate surface area is 133 Å². The molecule has 6 nitrogen and oxygen atoms in total. The van der Waals surface area contributed by atoms with E-state index in [1.165, 1.54) is 11.3 Å². The van der Waals surface area contributed by atoms with Gasteiger partial charge in [-0.1, -0.05) is 0 Å². The Balaban J connectivity index is 2.32. The van der Waals surface area contributed by atoms with Crippen LogP contribution in [-0.2, 0) is 6.54 Å². The molecule has 0 fully saturated rings. The lowest BCUT2D eigenvalue weighted by Crippen LogP contribution is -2.23. The van der Waals surface area contributed by atoms with Gasteiger partial charge in [-0.25, -0.2) is 0 Å². The molecule has 0 N–H and O–H groups in total. The van der Waals surface area contributed by atoms with Gasteiger partial charge in [0.15, 0.2) is 5.78 Å². The average Bonchev–Trinajstić information content (AvgIpc) is 2.71. The van der Waals surface area contributed by atoms with Gasteiger partial charge in [-0.15, -0.1) is 11.3 Å². The van der Waals surface area contributed by atoms with Crippen molar-refractivity contribution in [3.05, 3.63) is 58.0 Å². The molecule has 20 heavy (non-hydrogen) atoms. The van der Waals surface area contributed by atoms with E-state index >= 15 is 0 Å². The predicted molar refractivity (Wildman–Crippen MR) is 81.4 cm³/mol. The third-order valence-electron chi connectivity index (χ3n) is 2.45. The van der Waals surface area contributed by atoms with E-state index in [0.717, 1.165) is 26.7 Å². The highest BCUT2D eigenvalue weighted by Crippen LogP contribution is 2.32. The van der Waals surface area contributed by atoms with E-state index in [9.17, 15) is 19.7 Å². The second-order valence-corrected chi connectivity index (χ2v) is 7.52. The van der Waals surface area contributed by atoms with Crippen molar-refractivity contribution in [3.63, 3.8) is 0 Å². The van der Waals surface area contributed by atoms with Crippen LogP contribution in [0.5, 0.6) is 0 Å². The van der Waals surface area contributed by atoms with E-state index in [2.05, 4.69) is 31.9 Å². The van der Waals surface area contributed by atoms with E-state index < -0.39 is 10.5 Å². The molecule has 2 aromatic rings. The molecule has 9 heteroatoms. The van der Waals surface area contributed by atoms with Crippen molar-refractivity contribution in [2.75, 3.05) is 0 Å². The number of hydrogen-bond acceptors (Lipinski definition) is 5. The second-order valence-electron chi connectivity index (χ2n) is 3.77. The molecule has 0 saturated carbocycles. The second kappa shape index (κ2) is 5.98. The number of hydrogen-bond donors (Lipinski definition) is 0. The van der Waals surface area contributed by atoms with E-state index in [1.54, 1.807) is 6.07 Å². The molecule has 104 valence electrons. The van der Waals surface area contributed by atoms with Gasteiger partial charge in [0, 0.05) is 17.7 Å². The van der Waals surface area contributed by atoms with Crippen LogP contribution in [0.4, 0.5) is 5.69 Å². The standard InChI is InChI=1S/C11H6Br2N2O4S/c12-9-3-7(11(13)20-9)8(16)5-14-4-6(15(18)19)1-2-10(14)17/h1-4H,5H2. The van der Waals surface area contributed by atoms with Crippen molar-refractivity contribution in [3.8, 4) is 0 Å². The van der Waals surface area contributed by atoms with Crippen LogP contribution in [0.2, 0.25) is 0 Å². The number of Topliss-reactive ketones (excluding diaryl/α,β-unsaturated/α-hetero) is 1. The summed E-state index contributed by atoms with van der Waals surface area (Å²) in [4.78, 5) is 33.8. The fraction of sp³-hybridized carbons (Fsp3) is 0.0909. The van der Waals surface area contributed by atoms with Crippen molar-refractivity contribution in [1.82, 2.24) is 4.57 Å². The maximum absolute atomic E-state index is 12.1. The number of halogens is 2. The maximum Gasteiger partial charge on any atom is 0.285 e. The van der Waals surface area contributed by atoms with Gasteiger partial charge in [0.25, 0.3) is 11.2 Å². The summed E-state index contributed by atoms with van der Waals surface area (Å²) < 4.78 is 2.45. The lowest BCUT2D eigenvalue weighted by atomic mass is 10.2. The Morgan fingerprint density at radius 1 is 1.40 bits per heavy atom. The van der Waals surface area contributed by atoms with Crippen molar-refractivity contribution < 1.29 is 9.72 Å². The summed E-state index contributed by atoms with van der Waals surface area (Å²) >= 11 is 7.86. The van der Waals surface area contributed by atoms with E-state index in [1.807, 2.05) is 0 Å². The molecular weight excluding hydrogens is 416 g/mol. The van der Waals surface area contributed by atoms with Gasteiger partial charge in [0.2, 0.25) is 0 Å². The highest BCUT2D eigenvalue weighted by atomic mass is 79.9. The Kier molecular flexibility index (Phi) is 4.51. The number of carbonyl (C=O) groups is 1. The molecule has 2 rings (SSSR count). The topological polar surface area (TPSA) is 82.2 Å². The van der Waals surface area contributed by atoms with Crippen molar-refractivity contribution in [2.24, 2.45) is 0 Å². The van der Waals surface area contributed by atoms with Crippen molar-refractivity contribution in [2.45, 2.75) is 6.54 Å². The van der Waals surface area contributed by atoms with Gasteiger partial charge < -0.3 is 4.57 Å². The minimum atomic E-state index is -0.614. The fourth-order valence-corrected chi connectivity index (χ4v) is 4.38. The average molecular weight is 422 g/mol. The molecule has 0 aliphatic rings. The van der Waals surface area contributed by atoms with Gasteiger partial charge in [-0.05, 0) is 37.9 Å². The number of nitro groups is 1.